The predicted octanol–water partition coefficient (Wildman–Crippen LogP) is 1.33. The SMILES string of the molecule is CCC1(CC)NC(=O)N(CC(=O)OCC(=O)Nc2ccc(Cl)cn2)C1=O. The summed E-state index contributed by atoms with van der Waals surface area (Å²) < 4.78 is 4.82. The lowest BCUT2D eigenvalue weighted by molar-refractivity contribution is -0.150. The molecule has 0 spiro atoms. The summed E-state index contributed by atoms with van der Waals surface area (Å²) >= 11 is 5.69. The Kier molecular flexibility index (Phi) is 6.14. The maximum absolute atomic E-state index is 12.4. The van der Waals surface area contributed by atoms with Crippen molar-refractivity contribution in [3.05, 3.63) is 23.4 Å². The van der Waals surface area contributed by atoms with Gasteiger partial charge in [0.25, 0.3) is 11.8 Å². The Bertz CT molecular complexity index is 718. The maximum Gasteiger partial charge on any atom is 0.326 e. The summed E-state index contributed by atoms with van der Waals surface area (Å²) in [6.45, 7) is 2.43. The molecule has 0 bridgehead atoms. The van der Waals surface area contributed by atoms with E-state index < -0.39 is 42.5 Å². The number of hydrogen-bond acceptors (Lipinski definition) is 6. The lowest BCUT2D eigenvalue weighted by Gasteiger charge is -2.22. The third-order valence-electron chi connectivity index (χ3n) is 4.10. The first-order chi connectivity index (χ1) is 12.3. The summed E-state index contributed by atoms with van der Waals surface area (Å²) in [5.41, 5.74) is -0.991. The zero-order chi connectivity index (χ0) is 19.3. The number of amides is 4. The number of aromatic nitrogens is 1. The second-order valence-electron chi connectivity index (χ2n) is 5.68. The first-order valence-electron chi connectivity index (χ1n) is 8.02. The van der Waals surface area contributed by atoms with Crippen LogP contribution in [0, 0.1) is 0 Å². The fraction of sp³-hybridized carbons (Fsp3) is 0.438. The third-order valence-corrected chi connectivity index (χ3v) is 4.32. The Hall–Kier alpha value is -2.68. The number of carbonyl (C=O) groups is 4. The molecule has 2 heterocycles. The Morgan fingerprint density at radius 3 is 2.54 bits per heavy atom. The second-order valence-corrected chi connectivity index (χ2v) is 6.12. The number of anilines is 1. The molecule has 2 rings (SSSR count). The first kappa shape index (κ1) is 19.6. The number of halogens is 1. The van der Waals surface area contributed by atoms with Crippen molar-refractivity contribution in [2.24, 2.45) is 0 Å². The van der Waals surface area contributed by atoms with Gasteiger partial charge in [0, 0.05) is 6.20 Å². The summed E-state index contributed by atoms with van der Waals surface area (Å²) in [4.78, 5) is 52.6. The average molecular weight is 383 g/mol. The van der Waals surface area contributed by atoms with Crippen LogP contribution < -0.4 is 10.6 Å². The minimum Gasteiger partial charge on any atom is -0.454 e. The molecule has 0 aromatic carbocycles. The van der Waals surface area contributed by atoms with E-state index in [0.29, 0.717) is 17.9 Å². The van der Waals surface area contributed by atoms with Crippen LogP contribution in [-0.4, -0.2) is 52.4 Å². The molecule has 1 aliphatic rings. The highest BCUT2D eigenvalue weighted by molar-refractivity contribution is 6.30. The van der Waals surface area contributed by atoms with Gasteiger partial charge in [-0.25, -0.2) is 9.78 Å². The number of nitrogens with one attached hydrogen (secondary N) is 2. The first-order valence-corrected chi connectivity index (χ1v) is 8.40. The molecule has 0 aliphatic carbocycles. The van der Waals surface area contributed by atoms with E-state index in [9.17, 15) is 19.2 Å². The number of carbonyl (C=O) groups excluding carboxylic acids is 4. The Balaban J connectivity index is 1.85. The van der Waals surface area contributed by atoms with Crippen molar-refractivity contribution >= 4 is 41.2 Å². The Labute approximate surface area is 155 Å². The summed E-state index contributed by atoms with van der Waals surface area (Å²) in [6.07, 6.45) is 2.18. The number of rotatable bonds is 7. The molecule has 1 aliphatic heterocycles. The minimum absolute atomic E-state index is 0.250. The molecular weight excluding hydrogens is 364 g/mol. The van der Waals surface area contributed by atoms with Gasteiger partial charge in [-0.2, -0.15) is 0 Å². The number of ether oxygens (including phenoxy) is 1. The summed E-state index contributed by atoms with van der Waals surface area (Å²) in [5, 5.41) is 5.44. The maximum atomic E-state index is 12.4. The zero-order valence-corrected chi connectivity index (χ0v) is 15.1. The monoisotopic (exact) mass is 382 g/mol. The molecule has 1 aromatic heterocycles. The van der Waals surface area contributed by atoms with Crippen molar-refractivity contribution in [3.63, 3.8) is 0 Å². The molecular formula is C16H19ClN4O5. The number of hydrogen-bond donors (Lipinski definition) is 2. The van der Waals surface area contributed by atoms with E-state index in [4.69, 9.17) is 16.3 Å². The Morgan fingerprint density at radius 2 is 2.00 bits per heavy atom. The van der Waals surface area contributed by atoms with Gasteiger partial charge in [-0.15, -0.1) is 0 Å². The molecule has 140 valence electrons. The molecule has 1 aromatic rings. The molecule has 1 fully saturated rings. The van der Waals surface area contributed by atoms with E-state index in [2.05, 4.69) is 15.6 Å². The van der Waals surface area contributed by atoms with E-state index >= 15 is 0 Å². The minimum atomic E-state index is -0.991. The number of nitrogens with zero attached hydrogens (tertiary/aromatic N) is 2. The molecule has 0 atom stereocenters. The van der Waals surface area contributed by atoms with Gasteiger partial charge in [-0.05, 0) is 25.0 Å². The molecule has 9 nitrogen and oxygen atoms in total. The fourth-order valence-electron chi connectivity index (χ4n) is 2.50. The van der Waals surface area contributed by atoms with Crippen molar-refractivity contribution in [2.45, 2.75) is 32.2 Å². The molecule has 10 heteroatoms. The van der Waals surface area contributed by atoms with Crippen molar-refractivity contribution < 1.29 is 23.9 Å². The van der Waals surface area contributed by atoms with Gasteiger partial charge >= 0.3 is 12.0 Å². The standard InChI is InChI=1S/C16H19ClN4O5/c1-3-16(4-2)14(24)21(15(25)20-16)8-13(23)26-9-12(22)19-11-6-5-10(17)7-18-11/h5-7H,3-4,8-9H2,1-2H3,(H,20,25)(H,18,19,22). The summed E-state index contributed by atoms with van der Waals surface area (Å²) in [5.74, 6) is -1.70. The highest BCUT2D eigenvalue weighted by atomic mass is 35.5. The quantitative estimate of drug-likeness (QED) is 0.542. The lowest BCUT2D eigenvalue weighted by atomic mass is 9.93. The van der Waals surface area contributed by atoms with Crippen LogP contribution in [0.4, 0.5) is 10.6 Å². The highest BCUT2D eigenvalue weighted by Crippen LogP contribution is 2.24. The van der Waals surface area contributed by atoms with Crippen LogP contribution in [0.25, 0.3) is 0 Å². The van der Waals surface area contributed by atoms with Gasteiger partial charge in [0.15, 0.2) is 6.61 Å². The summed E-state index contributed by atoms with van der Waals surface area (Å²) in [6, 6.07) is 2.39. The normalized spacial score (nSPS) is 15.6. The van der Waals surface area contributed by atoms with Gasteiger partial charge in [0.05, 0.1) is 5.02 Å². The molecule has 0 unspecified atom stereocenters. The van der Waals surface area contributed by atoms with Crippen molar-refractivity contribution in [1.82, 2.24) is 15.2 Å². The largest absolute Gasteiger partial charge is 0.454 e. The number of esters is 1. The van der Waals surface area contributed by atoms with Crippen molar-refractivity contribution in [3.8, 4) is 0 Å². The number of urea groups is 1. The average Bonchev–Trinajstić information content (AvgIpc) is 2.86. The zero-order valence-electron chi connectivity index (χ0n) is 14.4. The smallest absolute Gasteiger partial charge is 0.326 e. The van der Waals surface area contributed by atoms with Crippen LogP contribution in [0.3, 0.4) is 0 Å². The van der Waals surface area contributed by atoms with Gasteiger partial charge in [0.1, 0.15) is 17.9 Å². The molecule has 4 amide bonds. The molecule has 1 saturated heterocycles. The predicted molar refractivity (Wildman–Crippen MR) is 92.4 cm³/mol. The fourth-order valence-corrected chi connectivity index (χ4v) is 2.61. The number of imide groups is 1. The summed E-state index contributed by atoms with van der Waals surface area (Å²) in [7, 11) is 0. The van der Waals surface area contributed by atoms with Crippen LogP contribution in [0.5, 0.6) is 0 Å². The molecule has 0 saturated carbocycles. The van der Waals surface area contributed by atoms with Gasteiger partial charge < -0.3 is 15.4 Å². The van der Waals surface area contributed by atoms with E-state index in [-0.39, 0.29) is 5.82 Å². The van der Waals surface area contributed by atoms with Crippen molar-refractivity contribution in [1.29, 1.82) is 0 Å². The van der Waals surface area contributed by atoms with Gasteiger partial charge in [-0.1, -0.05) is 25.4 Å². The van der Waals surface area contributed by atoms with Crippen LogP contribution in [0.15, 0.2) is 18.3 Å². The van der Waals surface area contributed by atoms with E-state index in [1.165, 1.54) is 12.3 Å². The molecule has 2 N–H and O–H groups in total. The topological polar surface area (TPSA) is 118 Å². The lowest BCUT2D eigenvalue weighted by Crippen LogP contribution is -2.46. The van der Waals surface area contributed by atoms with Crippen LogP contribution >= 0.6 is 11.6 Å². The van der Waals surface area contributed by atoms with Crippen LogP contribution in [-0.2, 0) is 19.1 Å². The number of pyridine rings is 1. The van der Waals surface area contributed by atoms with Crippen LogP contribution in [0.1, 0.15) is 26.7 Å². The van der Waals surface area contributed by atoms with Crippen molar-refractivity contribution in [2.75, 3.05) is 18.5 Å². The second kappa shape index (κ2) is 8.13. The molecule has 26 heavy (non-hydrogen) atoms. The van der Waals surface area contributed by atoms with E-state index in [1.54, 1.807) is 19.9 Å². The Morgan fingerprint density at radius 1 is 1.31 bits per heavy atom. The van der Waals surface area contributed by atoms with Gasteiger partial charge in [0.2, 0.25) is 0 Å². The third kappa shape index (κ3) is 4.29. The van der Waals surface area contributed by atoms with Crippen LogP contribution in [0.2, 0.25) is 5.02 Å². The van der Waals surface area contributed by atoms with E-state index in [0.717, 1.165) is 4.90 Å². The van der Waals surface area contributed by atoms with E-state index in [1.807, 2.05) is 0 Å². The van der Waals surface area contributed by atoms with Gasteiger partial charge in [-0.3, -0.25) is 19.3 Å². The highest BCUT2D eigenvalue weighted by Gasteiger charge is 2.49. The molecule has 0 radical (unpaired) electrons.